The standard InChI is InChI=1S/C33H54O14.C11H21NO4.C8H17NO4.C5H12O/c1-17-15-22(13-14-34)28(29(41-7)24(36)16-25(37)42-18(2)11-9-8-10-12-23(17)35)45-31-26(38)19(3)27(20(4)43-31)46-32-44-21(5)30(39)33(6,40)47-32;1-6-8(13)7(12(4)5)9-10(14-6)16-11(2,3)15-9;1-4-6(10)5(9(2)3)7(11)8(12)13-4;1-5(2,3)6-4/h8-10,12,14,17-24,26-32,35-36,38-40H,11,13,15-16H2,1-7H3;6-10,13H,1-5H3;4-8,10-12H,1-3H3;1-4H3/b9-8-,12-10+;;;/t17-,18-,19-,20-,21-,22?,23?,24?,26-,27+,28?,29?,30-,31+,32-,33+;6-,7?,8-,9-,10+;4-,5?,6-,7-,8-;/m111./s1. The Hall–Kier alpha value is -2.26. The zero-order valence-electron chi connectivity index (χ0n) is 51.8. The average molecular weight is 1190 g/mol. The highest BCUT2D eigenvalue weighted by Gasteiger charge is 2.55. The molecule has 0 bridgehead atoms. The second-order valence-electron chi connectivity index (χ2n) is 24.4. The molecule has 6 rings (SSSR count). The molecule has 9 N–H and O–H groups in total. The fraction of sp³-hybridized carbons (Fsp3) is 0.895. The maximum Gasteiger partial charge on any atom is 0.308 e. The number of aliphatic hydroxyl groups is 9. The van der Waals surface area contributed by atoms with E-state index in [1.165, 1.54) is 14.0 Å². The van der Waals surface area contributed by atoms with Gasteiger partial charge in [-0.25, -0.2) is 0 Å². The van der Waals surface area contributed by atoms with Crippen LogP contribution in [0.5, 0.6) is 0 Å². The molecular weight excluding hydrogens is 1080 g/mol. The molecule has 0 radical (unpaired) electrons. The first-order chi connectivity index (χ1) is 37.9. The zero-order valence-corrected chi connectivity index (χ0v) is 51.8. The van der Waals surface area contributed by atoms with Gasteiger partial charge in [-0.1, -0.05) is 38.2 Å². The van der Waals surface area contributed by atoms with Crippen molar-refractivity contribution in [2.75, 3.05) is 42.4 Å². The Labute approximate surface area is 485 Å². The minimum Gasteiger partial charge on any atom is -0.462 e. The van der Waals surface area contributed by atoms with Crippen molar-refractivity contribution in [3.63, 3.8) is 0 Å². The predicted octanol–water partition coefficient (Wildman–Crippen LogP) is 1.07. The van der Waals surface area contributed by atoms with Crippen LogP contribution in [0.2, 0.25) is 0 Å². The number of hydrogen-bond donors (Lipinski definition) is 9. The van der Waals surface area contributed by atoms with Crippen LogP contribution in [0.1, 0.15) is 116 Å². The highest BCUT2D eigenvalue weighted by molar-refractivity contribution is 5.70. The number of cyclic esters (lactones) is 1. The molecule has 6 aliphatic rings. The summed E-state index contributed by atoms with van der Waals surface area (Å²) in [6, 6.07) is -0.589. The number of fused-ring (bicyclic) bond motifs is 1. The van der Waals surface area contributed by atoms with E-state index in [2.05, 4.69) is 0 Å². The van der Waals surface area contributed by atoms with Crippen LogP contribution < -0.4 is 0 Å². The maximum atomic E-state index is 12.7. The third kappa shape index (κ3) is 21.3. The zero-order chi connectivity index (χ0) is 62.5. The lowest BCUT2D eigenvalue weighted by molar-refractivity contribution is -0.456. The normalized spacial score (nSPS) is 44.7. The van der Waals surface area contributed by atoms with Crippen molar-refractivity contribution in [2.45, 2.75) is 268 Å². The van der Waals surface area contributed by atoms with Crippen LogP contribution in [0.25, 0.3) is 0 Å². The highest BCUT2D eigenvalue weighted by atomic mass is 16.9. The van der Waals surface area contributed by atoms with Crippen molar-refractivity contribution in [1.29, 1.82) is 0 Å². The number of allylic oxidation sites excluding steroid dienone is 2. The number of carbonyl (C=O) groups excluding carboxylic acids is 2. The fourth-order valence-corrected chi connectivity index (χ4v) is 10.4. The van der Waals surface area contributed by atoms with Crippen LogP contribution in [-0.2, 0) is 66.4 Å². The monoisotopic (exact) mass is 1180 g/mol. The number of nitrogens with zero attached hydrogens (tertiary/aromatic N) is 2. The van der Waals surface area contributed by atoms with Crippen molar-refractivity contribution >= 4 is 12.3 Å². The molecule has 5 saturated heterocycles. The van der Waals surface area contributed by atoms with Crippen LogP contribution in [0, 0.1) is 17.8 Å². The fourth-order valence-electron chi connectivity index (χ4n) is 10.4. The first kappa shape index (κ1) is 74.0. The largest absolute Gasteiger partial charge is 0.462 e. The molecule has 0 aromatic rings. The van der Waals surface area contributed by atoms with Crippen LogP contribution in [-0.4, -0.2) is 263 Å². The van der Waals surface area contributed by atoms with Crippen molar-refractivity contribution in [2.24, 2.45) is 17.8 Å². The van der Waals surface area contributed by atoms with E-state index in [0.29, 0.717) is 12.7 Å². The van der Waals surface area contributed by atoms with Crippen molar-refractivity contribution < 1.29 is 112 Å². The van der Waals surface area contributed by atoms with E-state index in [-0.39, 0.29) is 48.9 Å². The third-order valence-corrected chi connectivity index (χ3v) is 15.4. The van der Waals surface area contributed by atoms with Gasteiger partial charge in [0.25, 0.3) is 6.48 Å². The summed E-state index contributed by atoms with van der Waals surface area (Å²) in [5, 5.41) is 92.7. The quantitative estimate of drug-likeness (QED) is 0.115. The highest BCUT2D eigenvalue weighted by Crippen LogP contribution is 2.39. The van der Waals surface area contributed by atoms with Gasteiger partial charge in [0.2, 0.25) is 0 Å². The van der Waals surface area contributed by atoms with E-state index in [1.54, 1.807) is 79.0 Å². The van der Waals surface area contributed by atoms with E-state index in [9.17, 15) is 55.5 Å². The second-order valence-corrected chi connectivity index (χ2v) is 24.4. The molecule has 82 heavy (non-hydrogen) atoms. The molecule has 0 saturated carbocycles. The van der Waals surface area contributed by atoms with E-state index in [0.717, 1.165) is 0 Å². The molecule has 0 aliphatic carbocycles. The number of aliphatic hydroxyl groups excluding tert-OH is 8. The molecule has 0 aromatic heterocycles. The first-order valence-corrected chi connectivity index (χ1v) is 28.4. The van der Waals surface area contributed by atoms with Crippen LogP contribution >= 0.6 is 0 Å². The number of methoxy groups -OCH3 is 2. The minimum atomic E-state index is -1.94. The summed E-state index contributed by atoms with van der Waals surface area (Å²) in [5.41, 5.74) is 0.0417. The lowest BCUT2D eigenvalue weighted by Gasteiger charge is -2.47. The van der Waals surface area contributed by atoms with E-state index in [1.807, 2.05) is 73.5 Å². The van der Waals surface area contributed by atoms with Crippen LogP contribution in [0.4, 0.5) is 0 Å². The summed E-state index contributed by atoms with van der Waals surface area (Å²) in [6.07, 6.45) is -8.44. The number of esters is 1. The first-order valence-electron chi connectivity index (χ1n) is 28.4. The molecule has 0 amide bonds. The summed E-state index contributed by atoms with van der Waals surface area (Å²) >= 11 is 0. The van der Waals surface area contributed by atoms with Crippen molar-refractivity contribution in [3.05, 3.63) is 24.3 Å². The van der Waals surface area contributed by atoms with Gasteiger partial charge in [-0.05, 0) is 123 Å². The lowest BCUT2D eigenvalue weighted by atomic mass is 9.82. The number of hydrogen-bond acceptors (Lipinski definition) is 25. The summed E-state index contributed by atoms with van der Waals surface area (Å²) in [7, 11) is 10.4. The van der Waals surface area contributed by atoms with Crippen LogP contribution in [0.15, 0.2) is 24.3 Å². The molecule has 6 heterocycles. The smallest absolute Gasteiger partial charge is 0.308 e. The molecule has 25 heteroatoms. The van der Waals surface area contributed by atoms with E-state index in [4.69, 9.17) is 56.8 Å². The van der Waals surface area contributed by atoms with Gasteiger partial charge in [0.1, 0.15) is 42.9 Å². The van der Waals surface area contributed by atoms with Gasteiger partial charge in [0.05, 0.1) is 85.1 Å². The van der Waals surface area contributed by atoms with Gasteiger partial charge in [-0.2, -0.15) is 0 Å². The SMILES string of the molecule is COC(C)(C)C.COC1C(O)CC(=O)O[C@H](C)C/C=C\C=C\C(O)[C@H](C)CC(CC=O)C1O[C@@H]1O[C@H](C)[C@@H](O[C@H]2O[C@H](C)[C@@H](O)[C@@](C)(O)O2)[C@H](C)[C@H]1O.C[C@H]1O[C@@H](O)[C@H](O)C(N(C)C)[C@@H]1O.C[C@H]1O[C@H]2OC(C)(C)O[C@@H]2C(N(C)C)[C@@H]1O. The molecular formula is C57H104N2O23. The van der Waals surface area contributed by atoms with Gasteiger partial charge < -0.3 is 113 Å². The lowest BCUT2D eigenvalue weighted by Crippen LogP contribution is -2.61. The Morgan fingerprint density at radius 3 is 1.84 bits per heavy atom. The summed E-state index contributed by atoms with van der Waals surface area (Å²) in [5.74, 6) is -4.89. The minimum absolute atomic E-state index is 0.0417. The number of rotatable bonds is 9. The van der Waals surface area contributed by atoms with Gasteiger partial charge in [0.15, 0.2) is 30.4 Å². The Balaban J connectivity index is 0.000000401. The Morgan fingerprint density at radius 2 is 1.29 bits per heavy atom. The molecule has 6 aliphatic heterocycles. The maximum absolute atomic E-state index is 12.7. The molecule has 0 aromatic carbocycles. The second kappa shape index (κ2) is 32.6. The molecule has 0 spiro atoms. The third-order valence-electron chi connectivity index (χ3n) is 15.4. The van der Waals surface area contributed by atoms with Gasteiger partial charge >= 0.3 is 5.97 Å². The summed E-state index contributed by atoms with van der Waals surface area (Å²) in [4.78, 5) is 28.3. The molecule has 26 atom stereocenters. The predicted molar refractivity (Wildman–Crippen MR) is 296 cm³/mol. The van der Waals surface area contributed by atoms with Gasteiger partial charge in [-0.3, -0.25) is 9.53 Å². The van der Waals surface area contributed by atoms with E-state index >= 15 is 0 Å². The Bertz CT molecular complexity index is 1930. The van der Waals surface area contributed by atoms with Crippen LogP contribution in [0.3, 0.4) is 0 Å². The number of aldehydes is 1. The molecule has 5 fully saturated rings. The molecule has 480 valence electrons. The van der Waals surface area contributed by atoms with Crippen molar-refractivity contribution in [3.8, 4) is 0 Å². The Kier molecular flexibility index (Phi) is 29.5. The number of ether oxygens (including phenoxy) is 12. The average Bonchev–Trinajstić information content (AvgIpc) is 3.26. The number of carbonyl (C=O) groups is 2. The number of likely N-dealkylation sites (N-methyl/N-ethyl adjacent to an activating group) is 2. The topological polar surface area (TPSA) is 333 Å². The van der Waals surface area contributed by atoms with Gasteiger partial charge in [-0.15, -0.1) is 0 Å². The summed E-state index contributed by atoms with van der Waals surface area (Å²) in [6.45, 7) is 21.7. The molecule has 25 nitrogen and oxygen atoms in total. The summed E-state index contributed by atoms with van der Waals surface area (Å²) < 4.78 is 67.5. The van der Waals surface area contributed by atoms with E-state index < -0.39 is 146 Å². The molecule has 7 unspecified atom stereocenters. The van der Waals surface area contributed by atoms with Gasteiger partial charge in [0, 0.05) is 33.0 Å². The van der Waals surface area contributed by atoms with Crippen molar-refractivity contribution in [1.82, 2.24) is 9.80 Å². The Morgan fingerprint density at radius 1 is 0.707 bits per heavy atom.